The molecule has 0 aliphatic carbocycles. The van der Waals surface area contributed by atoms with Crippen LogP contribution in [0, 0.1) is 6.92 Å². The van der Waals surface area contributed by atoms with Crippen LogP contribution in [0.15, 0.2) is 136 Å². The van der Waals surface area contributed by atoms with Gasteiger partial charge in [0.2, 0.25) is 0 Å². The molecule has 228 valence electrons. The summed E-state index contributed by atoms with van der Waals surface area (Å²) in [6.45, 7) is 1.94. The number of fused-ring (bicyclic) bond motifs is 2. The van der Waals surface area contributed by atoms with E-state index in [9.17, 15) is 9.59 Å². The first-order valence-electron chi connectivity index (χ1n) is 14.9. The van der Waals surface area contributed by atoms with Crippen LogP contribution in [0.3, 0.4) is 0 Å². The number of nitrogens with one attached hydrogen (secondary N) is 2. The van der Waals surface area contributed by atoms with Crippen LogP contribution in [0.25, 0.3) is 44.3 Å². The lowest BCUT2D eigenvalue weighted by atomic mass is 10.0. The van der Waals surface area contributed by atoms with Crippen molar-refractivity contribution in [3.05, 3.63) is 153 Å². The zero-order chi connectivity index (χ0) is 32.5. The van der Waals surface area contributed by atoms with Crippen molar-refractivity contribution in [2.24, 2.45) is 0 Å². The molecule has 7 rings (SSSR count). The van der Waals surface area contributed by atoms with Gasteiger partial charge in [-0.05, 0) is 73.2 Å². The van der Waals surface area contributed by atoms with Gasteiger partial charge >= 0.3 is 0 Å². The quantitative estimate of drug-likeness (QED) is 0.178. The average Bonchev–Trinajstić information content (AvgIpc) is 3.09. The predicted octanol–water partition coefficient (Wildman–Crippen LogP) is 10.5. The van der Waals surface area contributed by atoms with Gasteiger partial charge < -0.3 is 10.6 Å². The average molecular weight is 742 g/mol. The number of benzene rings is 5. The Morgan fingerprint density at radius 2 is 0.979 bits per heavy atom. The Kier molecular flexibility index (Phi) is 8.37. The number of anilines is 2. The maximum atomic E-state index is 14.0. The number of rotatable bonds is 6. The van der Waals surface area contributed by atoms with E-state index in [0.717, 1.165) is 36.4 Å². The fourth-order valence-corrected chi connectivity index (χ4v) is 6.04. The lowest BCUT2D eigenvalue weighted by molar-refractivity contribution is 0.101. The maximum absolute atomic E-state index is 14.0. The zero-order valence-corrected chi connectivity index (χ0v) is 28.3. The van der Waals surface area contributed by atoms with E-state index in [4.69, 9.17) is 9.97 Å². The van der Waals surface area contributed by atoms with E-state index in [1.807, 2.05) is 122 Å². The number of aryl methyl sites for hydroxylation is 1. The molecule has 0 radical (unpaired) electrons. The normalized spacial score (nSPS) is 11.0. The van der Waals surface area contributed by atoms with E-state index < -0.39 is 0 Å². The molecule has 5 aromatic carbocycles. The van der Waals surface area contributed by atoms with Crippen LogP contribution in [0.1, 0.15) is 26.3 Å². The Morgan fingerprint density at radius 1 is 0.532 bits per heavy atom. The number of aromatic nitrogens is 2. The lowest BCUT2D eigenvalue weighted by Gasteiger charge is -2.16. The number of carbonyl (C=O) groups is 2. The monoisotopic (exact) mass is 740 g/mol. The van der Waals surface area contributed by atoms with E-state index in [2.05, 4.69) is 42.5 Å². The van der Waals surface area contributed by atoms with Gasteiger partial charge in [0.15, 0.2) is 0 Å². The van der Waals surface area contributed by atoms with Gasteiger partial charge in [-0.2, -0.15) is 0 Å². The Bertz CT molecular complexity index is 2320. The second kappa shape index (κ2) is 12.9. The second-order valence-electron chi connectivity index (χ2n) is 11.1. The van der Waals surface area contributed by atoms with Gasteiger partial charge in [0.1, 0.15) is 0 Å². The fraction of sp³-hybridized carbons (Fsp3) is 0.0256. The molecule has 0 aliphatic rings. The van der Waals surface area contributed by atoms with Crippen LogP contribution in [-0.2, 0) is 0 Å². The van der Waals surface area contributed by atoms with Gasteiger partial charge in [-0.1, -0.05) is 98.6 Å². The summed E-state index contributed by atoms with van der Waals surface area (Å²) in [5.74, 6) is -0.622. The van der Waals surface area contributed by atoms with Crippen molar-refractivity contribution < 1.29 is 9.59 Å². The van der Waals surface area contributed by atoms with E-state index in [-0.39, 0.29) is 11.8 Å². The van der Waals surface area contributed by atoms with Crippen molar-refractivity contribution in [3.8, 4) is 22.5 Å². The molecule has 2 amide bonds. The molecule has 0 fully saturated rings. The summed E-state index contributed by atoms with van der Waals surface area (Å²) >= 11 is 6.97. The van der Waals surface area contributed by atoms with E-state index in [0.29, 0.717) is 44.9 Å². The number of carbonyl (C=O) groups excluding carboxylic acids is 2. The van der Waals surface area contributed by atoms with E-state index >= 15 is 0 Å². The minimum atomic E-state index is -0.312. The molecule has 0 aliphatic heterocycles. The van der Waals surface area contributed by atoms with Crippen LogP contribution in [-0.4, -0.2) is 21.8 Å². The summed E-state index contributed by atoms with van der Waals surface area (Å²) in [5, 5.41) is 7.60. The number of nitrogens with zero attached hydrogens (tertiary/aromatic N) is 2. The third kappa shape index (κ3) is 6.43. The Balaban J connectivity index is 1.24. The van der Waals surface area contributed by atoms with Gasteiger partial charge in [-0.3, -0.25) is 9.59 Å². The van der Waals surface area contributed by atoms with Crippen molar-refractivity contribution in [1.82, 2.24) is 9.97 Å². The minimum Gasteiger partial charge on any atom is -0.320 e. The van der Waals surface area contributed by atoms with Crippen LogP contribution in [0.5, 0.6) is 0 Å². The molecule has 0 unspecified atom stereocenters. The van der Waals surface area contributed by atoms with Crippen molar-refractivity contribution in [2.75, 3.05) is 10.6 Å². The lowest BCUT2D eigenvalue weighted by Crippen LogP contribution is -2.18. The standard InChI is InChI=1S/C39H26Br2N4O2/c1-23-10-19-34(44-38(46)30-21-35(24-11-15-26(40)16-12-24)42-32-8-4-2-6-28(30)32)37(20-23)45-39(47)31-22-36(25-13-17-27(41)18-14-25)43-33-9-5-3-7-29(31)33/h2-22H,1H3,(H,44,46)(H,45,47). The highest BCUT2D eigenvalue weighted by molar-refractivity contribution is 9.10. The first kappa shape index (κ1) is 30.5. The number of para-hydroxylation sites is 2. The molecule has 2 heterocycles. The molecular formula is C39H26Br2N4O2. The summed E-state index contributed by atoms with van der Waals surface area (Å²) in [7, 11) is 0. The van der Waals surface area contributed by atoms with Gasteiger partial charge in [-0.25, -0.2) is 9.97 Å². The van der Waals surface area contributed by atoms with Gasteiger partial charge in [0.25, 0.3) is 11.8 Å². The molecular weight excluding hydrogens is 716 g/mol. The Hall–Kier alpha value is -5.18. The van der Waals surface area contributed by atoms with Crippen molar-refractivity contribution >= 4 is 76.9 Å². The number of pyridine rings is 2. The molecule has 6 nitrogen and oxygen atoms in total. The molecule has 0 saturated heterocycles. The SMILES string of the molecule is Cc1ccc(NC(=O)c2cc(-c3ccc(Br)cc3)nc3ccccc23)c(NC(=O)c2cc(-c3ccc(Br)cc3)nc3ccccc23)c1. The highest BCUT2D eigenvalue weighted by atomic mass is 79.9. The van der Waals surface area contributed by atoms with Gasteiger partial charge in [0, 0.05) is 30.8 Å². The number of hydrogen-bond acceptors (Lipinski definition) is 4. The molecule has 47 heavy (non-hydrogen) atoms. The molecule has 7 aromatic rings. The van der Waals surface area contributed by atoms with E-state index in [1.54, 1.807) is 12.1 Å². The first-order valence-corrected chi connectivity index (χ1v) is 16.5. The van der Waals surface area contributed by atoms with E-state index in [1.165, 1.54) is 0 Å². The smallest absolute Gasteiger partial charge is 0.256 e. The van der Waals surface area contributed by atoms with Crippen LogP contribution >= 0.6 is 31.9 Å². The first-order chi connectivity index (χ1) is 22.8. The highest BCUT2D eigenvalue weighted by Crippen LogP contribution is 2.31. The fourth-order valence-electron chi connectivity index (χ4n) is 5.51. The highest BCUT2D eigenvalue weighted by Gasteiger charge is 2.19. The van der Waals surface area contributed by atoms with Crippen LogP contribution < -0.4 is 10.6 Å². The maximum Gasteiger partial charge on any atom is 0.256 e. The zero-order valence-electron chi connectivity index (χ0n) is 25.1. The van der Waals surface area contributed by atoms with Gasteiger partial charge in [0.05, 0.1) is 44.9 Å². The Morgan fingerprint density at radius 3 is 1.47 bits per heavy atom. The third-order valence-electron chi connectivity index (χ3n) is 7.87. The summed E-state index contributed by atoms with van der Waals surface area (Å²) < 4.78 is 1.91. The van der Waals surface area contributed by atoms with Crippen molar-refractivity contribution in [1.29, 1.82) is 0 Å². The second-order valence-corrected chi connectivity index (χ2v) is 12.9. The summed E-state index contributed by atoms with van der Waals surface area (Å²) in [5.41, 5.74) is 7.43. The number of hydrogen-bond donors (Lipinski definition) is 2. The van der Waals surface area contributed by atoms with Crippen molar-refractivity contribution in [3.63, 3.8) is 0 Å². The topological polar surface area (TPSA) is 84.0 Å². The number of halogens is 2. The molecule has 0 saturated carbocycles. The molecule has 0 spiro atoms. The number of amides is 2. The third-order valence-corrected chi connectivity index (χ3v) is 8.93. The molecule has 0 atom stereocenters. The molecule has 2 aromatic heterocycles. The van der Waals surface area contributed by atoms with Crippen LogP contribution in [0.4, 0.5) is 11.4 Å². The van der Waals surface area contributed by atoms with Crippen molar-refractivity contribution in [2.45, 2.75) is 6.92 Å². The minimum absolute atomic E-state index is 0.310. The molecule has 2 N–H and O–H groups in total. The van der Waals surface area contributed by atoms with Gasteiger partial charge in [-0.15, -0.1) is 0 Å². The summed E-state index contributed by atoms with van der Waals surface area (Å²) in [4.78, 5) is 37.7. The summed E-state index contributed by atoms with van der Waals surface area (Å²) in [6.07, 6.45) is 0. The molecule has 0 bridgehead atoms. The Labute approximate surface area is 288 Å². The largest absolute Gasteiger partial charge is 0.320 e. The van der Waals surface area contributed by atoms with Crippen LogP contribution in [0.2, 0.25) is 0 Å². The predicted molar refractivity (Wildman–Crippen MR) is 197 cm³/mol. The summed E-state index contributed by atoms with van der Waals surface area (Å²) in [6, 6.07) is 39.9. The molecule has 8 heteroatoms.